The molecule has 16 nitrogen and oxygen atoms in total. The lowest BCUT2D eigenvalue weighted by Crippen LogP contribution is -2.52. The topological polar surface area (TPSA) is 216 Å². The maximum atomic E-state index is 15.4. The second kappa shape index (κ2) is 17.7. The van der Waals surface area contributed by atoms with E-state index in [2.05, 4.69) is 21.3 Å². The quantitative estimate of drug-likeness (QED) is 0.0774. The van der Waals surface area contributed by atoms with Gasteiger partial charge in [-0.3, -0.25) is 19.2 Å². The summed E-state index contributed by atoms with van der Waals surface area (Å²) in [5, 5.41) is 22.9. The molecule has 9 rings (SSSR count). The Morgan fingerprint density at radius 2 is 1.64 bits per heavy atom. The summed E-state index contributed by atoms with van der Waals surface area (Å²) in [6, 6.07) is 16.3. The SMILES string of the molecule is CC[C@@]1(O)C(=O)OCc2c1cc1n(c2=O)Cc2c-1nc1cc(F)c(C)c3c1c2[C@@H](NC(=O)C[C@@H](C)OCNC(=O)[C@H](C)NC(=O)[C@H](C)NC(=O)OCC1c2ccccc2-c2ccccc21)CC3. The average Bonchev–Trinajstić information content (AvgIpc) is 3.84. The fraction of sp³-hybridized carbons (Fsp3) is 0.380. The van der Waals surface area contributed by atoms with Gasteiger partial charge in [0, 0.05) is 28.5 Å². The highest BCUT2D eigenvalue weighted by Gasteiger charge is 2.46. The van der Waals surface area contributed by atoms with Gasteiger partial charge in [0.05, 0.1) is 47.6 Å². The minimum atomic E-state index is -2.02. The number of ether oxygens (including phenoxy) is 3. The van der Waals surface area contributed by atoms with Crippen molar-refractivity contribution in [3.63, 3.8) is 0 Å². The average molecular weight is 915 g/mol. The first-order valence-corrected chi connectivity index (χ1v) is 22.5. The van der Waals surface area contributed by atoms with E-state index in [4.69, 9.17) is 19.2 Å². The summed E-state index contributed by atoms with van der Waals surface area (Å²) in [7, 11) is 0. The van der Waals surface area contributed by atoms with E-state index in [1.54, 1.807) is 26.8 Å². The Morgan fingerprint density at radius 1 is 0.955 bits per heavy atom. The summed E-state index contributed by atoms with van der Waals surface area (Å²) in [6.45, 7) is 7.59. The predicted octanol–water partition coefficient (Wildman–Crippen LogP) is 4.93. The molecule has 5 aromatic rings. The summed E-state index contributed by atoms with van der Waals surface area (Å²) in [6.07, 6.45) is -0.640. The third kappa shape index (κ3) is 7.99. The summed E-state index contributed by atoms with van der Waals surface area (Å²) >= 11 is 0. The van der Waals surface area contributed by atoms with Crippen LogP contribution in [0.4, 0.5) is 9.18 Å². The van der Waals surface area contributed by atoms with Crippen molar-refractivity contribution in [1.82, 2.24) is 30.8 Å². The third-order valence-electron chi connectivity index (χ3n) is 13.6. The monoisotopic (exact) mass is 914 g/mol. The van der Waals surface area contributed by atoms with E-state index in [0.717, 1.165) is 33.4 Å². The van der Waals surface area contributed by atoms with Crippen molar-refractivity contribution in [2.24, 2.45) is 0 Å². The number of esters is 1. The Bertz CT molecular complexity index is 2930. The number of aliphatic hydroxyl groups is 1. The first-order chi connectivity index (χ1) is 32.1. The zero-order valence-electron chi connectivity index (χ0n) is 37.7. The van der Waals surface area contributed by atoms with Crippen molar-refractivity contribution >= 4 is 40.7 Å². The highest BCUT2D eigenvalue weighted by atomic mass is 19.1. The van der Waals surface area contributed by atoms with Crippen LogP contribution in [0, 0.1) is 12.7 Å². The molecule has 67 heavy (non-hydrogen) atoms. The van der Waals surface area contributed by atoms with E-state index >= 15 is 4.39 Å². The summed E-state index contributed by atoms with van der Waals surface area (Å²) in [4.78, 5) is 83.8. The molecule has 0 saturated carbocycles. The molecular weight excluding hydrogens is 864 g/mol. The van der Waals surface area contributed by atoms with Gasteiger partial charge in [0.25, 0.3) is 5.56 Å². The molecule has 0 saturated heterocycles. The molecule has 4 amide bonds. The Balaban J connectivity index is 0.792. The van der Waals surface area contributed by atoms with Crippen LogP contribution >= 0.6 is 0 Å². The number of benzene rings is 3. The summed E-state index contributed by atoms with van der Waals surface area (Å²) in [5.74, 6) is -2.93. The number of nitrogens with one attached hydrogen (secondary N) is 4. The van der Waals surface area contributed by atoms with Gasteiger partial charge in [-0.1, -0.05) is 55.5 Å². The molecule has 0 spiro atoms. The Kier molecular flexibility index (Phi) is 11.9. The molecule has 17 heteroatoms. The number of aryl methyl sites for hydroxylation is 1. The van der Waals surface area contributed by atoms with E-state index in [0.29, 0.717) is 46.3 Å². The summed E-state index contributed by atoms with van der Waals surface area (Å²) in [5.41, 5.74) is 5.93. The van der Waals surface area contributed by atoms with Crippen molar-refractivity contribution in [3.05, 3.63) is 121 Å². The number of halogens is 1. The fourth-order valence-electron chi connectivity index (χ4n) is 9.97. The lowest BCUT2D eigenvalue weighted by Gasteiger charge is -2.31. The number of nitrogens with zero attached hydrogens (tertiary/aromatic N) is 2. The van der Waals surface area contributed by atoms with Crippen LogP contribution in [0.3, 0.4) is 0 Å². The fourth-order valence-corrected chi connectivity index (χ4v) is 9.97. The van der Waals surface area contributed by atoms with Crippen LogP contribution in [0.5, 0.6) is 0 Å². The van der Waals surface area contributed by atoms with Crippen molar-refractivity contribution < 1.29 is 47.7 Å². The van der Waals surface area contributed by atoms with E-state index in [1.807, 2.05) is 48.5 Å². The number of pyridine rings is 2. The van der Waals surface area contributed by atoms with Gasteiger partial charge in [0.1, 0.15) is 37.8 Å². The number of fused-ring (bicyclic) bond motifs is 8. The molecule has 348 valence electrons. The van der Waals surface area contributed by atoms with Gasteiger partial charge >= 0.3 is 12.1 Å². The van der Waals surface area contributed by atoms with Gasteiger partial charge in [-0.2, -0.15) is 0 Å². The third-order valence-corrected chi connectivity index (χ3v) is 13.6. The van der Waals surface area contributed by atoms with Gasteiger partial charge < -0.3 is 45.2 Å². The predicted molar refractivity (Wildman–Crippen MR) is 242 cm³/mol. The number of carbonyl (C=O) groups excluding carboxylic acids is 5. The van der Waals surface area contributed by atoms with Gasteiger partial charge in [0.15, 0.2) is 5.60 Å². The van der Waals surface area contributed by atoms with Crippen LogP contribution < -0.4 is 26.8 Å². The molecule has 3 aromatic carbocycles. The number of cyclic esters (lactones) is 1. The second-order valence-corrected chi connectivity index (χ2v) is 17.8. The van der Waals surface area contributed by atoms with Crippen LogP contribution in [0.1, 0.15) is 103 Å². The van der Waals surface area contributed by atoms with E-state index in [1.165, 1.54) is 24.5 Å². The number of aromatic nitrogens is 2. The highest BCUT2D eigenvalue weighted by Crippen LogP contribution is 2.47. The van der Waals surface area contributed by atoms with Crippen molar-refractivity contribution in [2.75, 3.05) is 13.3 Å². The number of alkyl carbamates (subject to hydrolysis) is 1. The van der Waals surface area contributed by atoms with Gasteiger partial charge in [-0.15, -0.1) is 0 Å². The number of rotatable bonds is 13. The molecule has 2 aromatic heterocycles. The zero-order chi connectivity index (χ0) is 47.5. The first kappa shape index (κ1) is 45.2. The van der Waals surface area contributed by atoms with Crippen LogP contribution in [0.25, 0.3) is 33.4 Å². The van der Waals surface area contributed by atoms with Crippen LogP contribution in [-0.4, -0.2) is 76.0 Å². The molecule has 2 aliphatic heterocycles. The van der Waals surface area contributed by atoms with Gasteiger partial charge in [-0.05, 0) is 92.0 Å². The van der Waals surface area contributed by atoms with Crippen LogP contribution in [0.2, 0.25) is 0 Å². The lowest BCUT2D eigenvalue weighted by molar-refractivity contribution is -0.172. The van der Waals surface area contributed by atoms with E-state index in [-0.39, 0.29) is 62.3 Å². The molecule has 4 heterocycles. The van der Waals surface area contributed by atoms with Crippen molar-refractivity contribution in [3.8, 4) is 22.5 Å². The highest BCUT2D eigenvalue weighted by molar-refractivity contribution is 5.94. The Hall–Kier alpha value is -6.98. The molecule has 0 fully saturated rings. The van der Waals surface area contributed by atoms with E-state index in [9.17, 15) is 33.9 Å². The van der Waals surface area contributed by atoms with Crippen LogP contribution in [0.15, 0.2) is 65.5 Å². The molecule has 0 unspecified atom stereocenters. The number of amides is 4. The molecule has 2 aliphatic carbocycles. The molecule has 0 radical (unpaired) electrons. The molecule has 5 N–H and O–H groups in total. The Labute approximate surface area is 384 Å². The van der Waals surface area contributed by atoms with Crippen molar-refractivity contribution in [2.45, 2.75) is 109 Å². The van der Waals surface area contributed by atoms with Crippen LogP contribution in [-0.2, 0) is 58.6 Å². The minimum absolute atomic E-state index is 0.0227. The molecule has 0 bridgehead atoms. The maximum Gasteiger partial charge on any atom is 0.407 e. The standard InChI is InChI=1S/C50H51FN6O10/c1-6-50(64)36-18-40-44-33(20-57(40)47(61)35(36)22-65-48(50)62)43-38(16-15-28-25(3)37(51)19-39(56-44)42(28)43)55-41(58)17-24(2)67-23-52-45(59)26(4)53-46(60)27(5)54-49(63)66-21-34-31-13-9-7-11-29(31)30-12-8-10-14-32(30)34/h7-14,18-19,24,26-27,34,38,64H,6,15-17,20-23H2,1-5H3,(H,52,59)(H,53,60)(H,54,63)(H,55,58)/t24-,26+,27+,38+,50+/m1/s1. The molecule has 4 aliphatic rings. The van der Waals surface area contributed by atoms with Gasteiger partial charge in [0.2, 0.25) is 17.7 Å². The molecule has 5 atom stereocenters. The summed E-state index contributed by atoms with van der Waals surface area (Å²) < 4.78 is 33.4. The first-order valence-electron chi connectivity index (χ1n) is 22.5. The number of hydrogen-bond donors (Lipinski definition) is 5. The second-order valence-electron chi connectivity index (χ2n) is 17.8. The van der Waals surface area contributed by atoms with E-state index < -0.39 is 65.1 Å². The van der Waals surface area contributed by atoms with Gasteiger partial charge in [-0.25, -0.2) is 19.0 Å². The minimum Gasteiger partial charge on any atom is -0.458 e. The number of hydrogen-bond acceptors (Lipinski definition) is 11. The maximum absolute atomic E-state index is 15.4. The smallest absolute Gasteiger partial charge is 0.407 e. The normalized spacial score (nSPS) is 18.9. The number of carbonyl (C=O) groups is 5. The van der Waals surface area contributed by atoms with Crippen molar-refractivity contribution in [1.29, 1.82) is 0 Å². The lowest BCUT2D eigenvalue weighted by atomic mass is 9.81. The molecular formula is C50H51FN6O10. The zero-order valence-corrected chi connectivity index (χ0v) is 37.7. The largest absolute Gasteiger partial charge is 0.458 e. The Morgan fingerprint density at radius 3 is 2.34 bits per heavy atom.